The van der Waals surface area contributed by atoms with Gasteiger partial charge >= 0.3 is 5.97 Å². The van der Waals surface area contributed by atoms with Crippen LogP contribution in [0.1, 0.15) is 18.1 Å². The first kappa shape index (κ1) is 17.1. The number of hydrogen-bond acceptors (Lipinski definition) is 6. The van der Waals surface area contributed by atoms with Crippen LogP contribution < -0.4 is 14.8 Å². The summed E-state index contributed by atoms with van der Waals surface area (Å²) in [6.45, 7) is 1.53. The second-order valence-corrected chi connectivity index (χ2v) is 5.18. The standard InChI is InChI=1S/C17H17N3O4/c1-17(16(21)22,20-13-6-4-11(10-18)5-7-13)12-8-14(23-2)19-15(9-12)24-3/h4-9,20H,1-3H3,(H,21,22). The van der Waals surface area contributed by atoms with Crippen molar-refractivity contribution >= 4 is 11.7 Å². The van der Waals surface area contributed by atoms with Gasteiger partial charge in [-0.1, -0.05) is 0 Å². The monoisotopic (exact) mass is 327 g/mol. The first-order chi connectivity index (χ1) is 11.4. The second-order valence-electron chi connectivity index (χ2n) is 5.18. The van der Waals surface area contributed by atoms with E-state index < -0.39 is 11.5 Å². The molecule has 0 spiro atoms. The molecule has 1 aromatic heterocycles. The first-order valence-corrected chi connectivity index (χ1v) is 7.05. The lowest BCUT2D eigenvalue weighted by Gasteiger charge is -2.28. The summed E-state index contributed by atoms with van der Waals surface area (Å²) in [6.07, 6.45) is 0. The Balaban J connectivity index is 2.46. The number of carbonyl (C=O) groups is 1. The van der Waals surface area contributed by atoms with Crippen molar-refractivity contribution in [3.05, 3.63) is 47.5 Å². The molecule has 0 saturated carbocycles. The Bertz CT molecular complexity index is 761. The predicted molar refractivity (Wildman–Crippen MR) is 87.1 cm³/mol. The fourth-order valence-corrected chi connectivity index (χ4v) is 2.14. The van der Waals surface area contributed by atoms with Gasteiger partial charge in [-0.15, -0.1) is 0 Å². The zero-order chi connectivity index (χ0) is 17.7. The van der Waals surface area contributed by atoms with E-state index in [1.807, 2.05) is 6.07 Å². The van der Waals surface area contributed by atoms with E-state index in [1.54, 1.807) is 24.3 Å². The average molecular weight is 327 g/mol. The van der Waals surface area contributed by atoms with Crippen LogP contribution in [-0.2, 0) is 10.3 Å². The molecule has 7 nitrogen and oxygen atoms in total. The van der Waals surface area contributed by atoms with E-state index in [2.05, 4.69) is 10.3 Å². The molecule has 0 aliphatic carbocycles. The van der Waals surface area contributed by atoms with Crippen molar-refractivity contribution in [2.45, 2.75) is 12.5 Å². The van der Waals surface area contributed by atoms with Gasteiger partial charge in [0.2, 0.25) is 11.8 Å². The number of benzene rings is 1. The van der Waals surface area contributed by atoms with Gasteiger partial charge in [0.25, 0.3) is 0 Å². The predicted octanol–water partition coefficient (Wildman–Crippen LogP) is 2.38. The first-order valence-electron chi connectivity index (χ1n) is 7.05. The molecule has 0 aliphatic heterocycles. The molecular weight excluding hydrogens is 310 g/mol. The molecule has 124 valence electrons. The van der Waals surface area contributed by atoms with Crippen LogP contribution >= 0.6 is 0 Å². The molecule has 0 fully saturated rings. The number of aromatic nitrogens is 1. The van der Waals surface area contributed by atoms with Crippen LogP contribution in [0.3, 0.4) is 0 Å². The van der Waals surface area contributed by atoms with Gasteiger partial charge in [0, 0.05) is 17.8 Å². The largest absolute Gasteiger partial charge is 0.481 e. The maximum absolute atomic E-state index is 11.9. The minimum atomic E-state index is -1.45. The third kappa shape index (κ3) is 3.38. The van der Waals surface area contributed by atoms with Crippen LogP contribution in [0.2, 0.25) is 0 Å². The second kappa shape index (κ2) is 6.87. The van der Waals surface area contributed by atoms with E-state index in [1.165, 1.54) is 33.3 Å². The molecule has 0 amide bonds. The van der Waals surface area contributed by atoms with Crippen molar-refractivity contribution in [2.24, 2.45) is 0 Å². The Morgan fingerprint density at radius 3 is 2.17 bits per heavy atom. The van der Waals surface area contributed by atoms with E-state index in [9.17, 15) is 9.90 Å². The topological polar surface area (TPSA) is 104 Å². The highest BCUT2D eigenvalue weighted by Gasteiger charge is 2.36. The van der Waals surface area contributed by atoms with Crippen LogP contribution in [0.15, 0.2) is 36.4 Å². The number of nitrogens with zero attached hydrogens (tertiary/aromatic N) is 2. The average Bonchev–Trinajstić information content (AvgIpc) is 2.61. The third-order valence-electron chi connectivity index (χ3n) is 3.61. The summed E-state index contributed by atoms with van der Waals surface area (Å²) in [5.74, 6) is -0.584. The van der Waals surface area contributed by atoms with E-state index in [0.29, 0.717) is 16.8 Å². The van der Waals surface area contributed by atoms with Crippen molar-refractivity contribution in [2.75, 3.05) is 19.5 Å². The summed E-state index contributed by atoms with van der Waals surface area (Å²) >= 11 is 0. The SMILES string of the molecule is COc1cc(C(C)(Nc2ccc(C#N)cc2)C(=O)O)cc(OC)n1. The number of carboxylic acid groups (broad SMARTS) is 1. The number of nitriles is 1. The van der Waals surface area contributed by atoms with Gasteiger partial charge < -0.3 is 19.9 Å². The minimum absolute atomic E-state index is 0.249. The number of methoxy groups -OCH3 is 2. The zero-order valence-corrected chi connectivity index (χ0v) is 13.5. The Morgan fingerprint density at radius 1 is 1.21 bits per heavy atom. The summed E-state index contributed by atoms with van der Waals surface area (Å²) < 4.78 is 10.2. The van der Waals surface area contributed by atoms with E-state index in [0.717, 1.165) is 0 Å². The molecule has 2 N–H and O–H groups in total. The summed E-state index contributed by atoms with van der Waals surface area (Å²) in [4.78, 5) is 16.0. The number of pyridine rings is 1. The van der Waals surface area contributed by atoms with Crippen molar-refractivity contribution in [3.63, 3.8) is 0 Å². The lowest BCUT2D eigenvalue weighted by molar-refractivity contribution is -0.142. The van der Waals surface area contributed by atoms with Gasteiger partial charge in [-0.25, -0.2) is 4.79 Å². The number of hydrogen-bond donors (Lipinski definition) is 2. The fourth-order valence-electron chi connectivity index (χ4n) is 2.14. The van der Waals surface area contributed by atoms with Crippen molar-refractivity contribution < 1.29 is 19.4 Å². The van der Waals surface area contributed by atoms with Gasteiger partial charge in [-0.3, -0.25) is 0 Å². The number of anilines is 1. The molecule has 1 aromatic carbocycles. The molecule has 7 heteroatoms. The van der Waals surface area contributed by atoms with E-state index in [4.69, 9.17) is 14.7 Å². The number of ether oxygens (including phenoxy) is 2. The maximum atomic E-state index is 11.9. The molecule has 0 saturated heterocycles. The lowest BCUT2D eigenvalue weighted by Crippen LogP contribution is -2.40. The number of carboxylic acids is 1. The van der Waals surface area contributed by atoms with Gasteiger partial charge in [0.05, 0.1) is 25.9 Å². The lowest BCUT2D eigenvalue weighted by atomic mass is 9.92. The quantitative estimate of drug-likeness (QED) is 0.839. The van der Waals surface area contributed by atoms with E-state index in [-0.39, 0.29) is 11.8 Å². The highest BCUT2D eigenvalue weighted by atomic mass is 16.5. The Hall–Kier alpha value is -3.27. The van der Waals surface area contributed by atoms with Crippen molar-refractivity contribution in [3.8, 4) is 17.8 Å². The maximum Gasteiger partial charge on any atom is 0.333 e. The molecule has 24 heavy (non-hydrogen) atoms. The highest BCUT2D eigenvalue weighted by molar-refractivity contribution is 5.84. The van der Waals surface area contributed by atoms with Gasteiger partial charge in [0.1, 0.15) is 0 Å². The van der Waals surface area contributed by atoms with Gasteiger partial charge in [-0.05, 0) is 36.8 Å². The summed E-state index contributed by atoms with van der Waals surface area (Å²) in [5.41, 5.74) is 0.0269. The van der Waals surface area contributed by atoms with Gasteiger partial charge in [-0.2, -0.15) is 10.2 Å². The van der Waals surface area contributed by atoms with Crippen LogP contribution in [0.25, 0.3) is 0 Å². The van der Waals surface area contributed by atoms with Crippen molar-refractivity contribution in [1.82, 2.24) is 4.98 Å². The normalized spacial score (nSPS) is 12.6. The molecule has 1 atom stereocenters. The van der Waals surface area contributed by atoms with Crippen LogP contribution in [0.4, 0.5) is 5.69 Å². The number of nitrogens with one attached hydrogen (secondary N) is 1. The molecular formula is C17H17N3O4. The number of rotatable bonds is 6. The molecule has 0 bridgehead atoms. The molecule has 1 unspecified atom stereocenters. The van der Waals surface area contributed by atoms with Gasteiger partial charge in [0.15, 0.2) is 5.54 Å². The van der Waals surface area contributed by atoms with Crippen LogP contribution in [0, 0.1) is 11.3 Å². The molecule has 2 aromatic rings. The summed E-state index contributed by atoms with van der Waals surface area (Å²) in [5, 5.41) is 21.6. The highest BCUT2D eigenvalue weighted by Crippen LogP contribution is 2.31. The van der Waals surface area contributed by atoms with Crippen LogP contribution in [0.5, 0.6) is 11.8 Å². The molecule has 1 heterocycles. The smallest absolute Gasteiger partial charge is 0.333 e. The molecule has 0 aliphatic rings. The Kier molecular flexibility index (Phi) is 4.90. The summed E-state index contributed by atoms with van der Waals surface area (Å²) in [6, 6.07) is 11.6. The third-order valence-corrected chi connectivity index (χ3v) is 3.61. The summed E-state index contributed by atoms with van der Waals surface area (Å²) in [7, 11) is 2.88. The Labute approximate surface area is 139 Å². The number of aliphatic carboxylic acids is 1. The van der Waals surface area contributed by atoms with E-state index >= 15 is 0 Å². The fraction of sp³-hybridized carbons (Fsp3) is 0.235. The zero-order valence-electron chi connectivity index (χ0n) is 13.5. The van der Waals surface area contributed by atoms with Crippen LogP contribution in [-0.4, -0.2) is 30.3 Å². The van der Waals surface area contributed by atoms with Crippen molar-refractivity contribution in [1.29, 1.82) is 5.26 Å². The molecule has 0 radical (unpaired) electrons. The molecule has 2 rings (SSSR count). The Morgan fingerprint density at radius 2 is 1.75 bits per heavy atom. The minimum Gasteiger partial charge on any atom is -0.481 e.